The molecular weight excluding hydrogens is 444 g/mol. The number of carbonyl (C=O) groups excluding carboxylic acids is 2. The third-order valence-corrected chi connectivity index (χ3v) is 5.70. The van der Waals surface area contributed by atoms with Crippen molar-refractivity contribution in [2.45, 2.75) is 52.7 Å². The second-order valence-corrected chi connectivity index (χ2v) is 10.1. The van der Waals surface area contributed by atoms with Crippen LogP contribution in [0.25, 0.3) is 11.1 Å². The fourth-order valence-electron chi connectivity index (χ4n) is 3.65. The molecule has 0 spiro atoms. The van der Waals surface area contributed by atoms with Crippen LogP contribution in [0.4, 0.5) is 0 Å². The predicted octanol–water partition coefficient (Wildman–Crippen LogP) is 3.48. The molecule has 2 aromatic rings. The predicted molar refractivity (Wildman–Crippen MR) is 126 cm³/mol. The molecule has 1 N–H and O–H groups in total. The lowest BCUT2D eigenvalue weighted by Gasteiger charge is -2.23. The van der Waals surface area contributed by atoms with Crippen LogP contribution in [-0.4, -0.2) is 44.7 Å². The molecule has 0 aliphatic carbocycles. The molecule has 33 heavy (non-hydrogen) atoms. The normalized spacial score (nSPS) is 13.4. The van der Waals surface area contributed by atoms with Gasteiger partial charge in [0.05, 0.1) is 25.8 Å². The van der Waals surface area contributed by atoms with Gasteiger partial charge in [-0.05, 0) is 54.5 Å². The minimum atomic E-state index is -3.86. The summed E-state index contributed by atoms with van der Waals surface area (Å²) in [5, 5.41) is 2.77. The number of amides is 1. The Hall–Kier alpha value is -2.78. The van der Waals surface area contributed by atoms with Gasteiger partial charge in [-0.2, -0.15) is 8.42 Å². The van der Waals surface area contributed by atoms with Crippen LogP contribution in [0.5, 0.6) is 0 Å². The topological polar surface area (TPSA) is 112 Å². The summed E-state index contributed by atoms with van der Waals surface area (Å²) in [4.78, 5) is 29.4. The number of aromatic nitrogens is 1. The third-order valence-electron chi connectivity index (χ3n) is 5.12. The van der Waals surface area contributed by atoms with Gasteiger partial charge in [0.1, 0.15) is 0 Å². The largest absolute Gasteiger partial charge is 0.469 e. The van der Waals surface area contributed by atoms with E-state index in [4.69, 9.17) is 8.92 Å². The number of carbonyl (C=O) groups is 2. The Balaban J connectivity index is 2.42. The Morgan fingerprint density at radius 1 is 1.12 bits per heavy atom. The molecule has 0 aliphatic heterocycles. The number of methoxy groups -OCH3 is 1. The van der Waals surface area contributed by atoms with Crippen LogP contribution in [0.15, 0.2) is 36.7 Å². The first kappa shape index (κ1) is 26.5. The summed E-state index contributed by atoms with van der Waals surface area (Å²) in [6, 6.07) is 7.07. The maximum atomic E-state index is 13.0. The fourth-order valence-corrected chi connectivity index (χ4v) is 4.24. The van der Waals surface area contributed by atoms with Gasteiger partial charge in [-0.1, -0.05) is 32.0 Å². The van der Waals surface area contributed by atoms with Gasteiger partial charge in [0.2, 0.25) is 0 Å². The summed E-state index contributed by atoms with van der Waals surface area (Å²) in [5.41, 5.74) is 4.60. The van der Waals surface area contributed by atoms with Gasteiger partial charge in [-0.3, -0.25) is 18.8 Å². The summed E-state index contributed by atoms with van der Waals surface area (Å²) >= 11 is 0. The van der Waals surface area contributed by atoms with E-state index in [1.807, 2.05) is 52.0 Å². The lowest BCUT2D eigenvalue weighted by molar-refractivity contribution is -0.141. The molecule has 180 valence electrons. The molecule has 0 fully saturated rings. The highest BCUT2D eigenvalue weighted by Gasteiger charge is 2.29. The van der Waals surface area contributed by atoms with Crippen molar-refractivity contribution in [3.05, 3.63) is 53.3 Å². The van der Waals surface area contributed by atoms with E-state index < -0.39 is 34.1 Å². The lowest BCUT2D eigenvalue weighted by atomic mass is 9.94. The Morgan fingerprint density at radius 2 is 1.76 bits per heavy atom. The van der Waals surface area contributed by atoms with Gasteiger partial charge in [-0.15, -0.1) is 0 Å². The number of nitrogens with one attached hydrogen (secondary N) is 1. The second kappa shape index (κ2) is 11.4. The summed E-state index contributed by atoms with van der Waals surface area (Å²) in [5.74, 6) is -1.14. The Labute approximate surface area is 195 Å². The second-order valence-electron chi connectivity index (χ2n) is 8.53. The number of rotatable bonds is 10. The number of hydrogen-bond acceptors (Lipinski definition) is 7. The average Bonchev–Trinajstić information content (AvgIpc) is 2.71. The smallest absolute Gasteiger partial charge is 0.307 e. The van der Waals surface area contributed by atoms with Crippen LogP contribution < -0.4 is 5.32 Å². The molecule has 0 saturated heterocycles. The highest BCUT2D eigenvalue weighted by atomic mass is 32.2. The van der Waals surface area contributed by atoms with Crippen LogP contribution in [-0.2, 0) is 28.6 Å². The van der Waals surface area contributed by atoms with Gasteiger partial charge in [0.15, 0.2) is 6.10 Å². The molecule has 0 bridgehead atoms. The van der Waals surface area contributed by atoms with Crippen molar-refractivity contribution >= 4 is 22.0 Å². The van der Waals surface area contributed by atoms with Crippen molar-refractivity contribution < 1.29 is 26.9 Å². The summed E-state index contributed by atoms with van der Waals surface area (Å²) < 4.78 is 33.2. The van der Waals surface area contributed by atoms with Gasteiger partial charge >= 0.3 is 5.97 Å². The molecule has 9 heteroatoms. The molecule has 1 amide bonds. The number of esters is 1. The average molecular weight is 477 g/mol. The van der Waals surface area contributed by atoms with Gasteiger partial charge < -0.3 is 10.1 Å². The maximum absolute atomic E-state index is 13.0. The first-order chi connectivity index (χ1) is 15.4. The molecule has 1 heterocycles. The highest BCUT2D eigenvalue weighted by Crippen LogP contribution is 2.29. The van der Waals surface area contributed by atoms with Crippen LogP contribution in [0.2, 0.25) is 0 Å². The standard InChI is InChI=1S/C24H32N2O6S/c1-15(2)10-21(32-33(6,29)30)24(28)26-20(12-22(27)31-5)18-11-19(14-25-13-18)23-16(3)8-7-9-17(23)4/h7-9,11,13-15,20-21H,10,12H2,1-6H3,(H,26,28)/t20-,21+/m0/s1. The summed E-state index contributed by atoms with van der Waals surface area (Å²) in [6.45, 7) is 7.72. The number of benzene rings is 1. The highest BCUT2D eigenvalue weighted by molar-refractivity contribution is 7.86. The van der Waals surface area contributed by atoms with E-state index in [2.05, 4.69) is 10.3 Å². The van der Waals surface area contributed by atoms with Crippen molar-refractivity contribution in [1.82, 2.24) is 10.3 Å². The zero-order chi connectivity index (χ0) is 24.8. The minimum Gasteiger partial charge on any atom is -0.469 e. The Bertz CT molecular complexity index is 1080. The van der Waals surface area contributed by atoms with E-state index in [1.54, 1.807) is 12.4 Å². The zero-order valence-corrected chi connectivity index (χ0v) is 20.7. The molecule has 1 aromatic carbocycles. The van der Waals surface area contributed by atoms with Crippen LogP contribution in [0.3, 0.4) is 0 Å². The van der Waals surface area contributed by atoms with Crippen LogP contribution in [0.1, 0.15) is 49.4 Å². The Kier molecular flexibility index (Phi) is 9.13. The van der Waals surface area contributed by atoms with E-state index in [1.165, 1.54) is 7.11 Å². The first-order valence-corrected chi connectivity index (χ1v) is 12.5. The number of nitrogens with zero attached hydrogens (tertiary/aromatic N) is 1. The van der Waals surface area contributed by atoms with Crippen molar-refractivity contribution in [1.29, 1.82) is 0 Å². The third kappa shape index (κ3) is 7.94. The van der Waals surface area contributed by atoms with Crippen molar-refractivity contribution in [3.63, 3.8) is 0 Å². The molecule has 2 atom stereocenters. The van der Waals surface area contributed by atoms with Crippen molar-refractivity contribution in [2.24, 2.45) is 5.92 Å². The van der Waals surface area contributed by atoms with Crippen LogP contribution >= 0.6 is 0 Å². The maximum Gasteiger partial charge on any atom is 0.307 e. The summed E-state index contributed by atoms with van der Waals surface area (Å²) in [6.07, 6.45) is 3.04. The number of ether oxygens (including phenoxy) is 1. The van der Waals surface area contributed by atoms with E-state index in [0.29, 0.717) is 5.56 Å². The summed E-state index contributed by atoms with van der Waals surface area (Å²) in [7, 11) is -2.59. The minimum absolute atomic E-state index is 0.00980. The molecule has 0 radical (unpaired) electrons. The Morgan fingerprint density at radius 3 is 2.30 bits per heavy atom. The monoisotopic (exact) mass is 476 g/mol. The fraction of sp³-hybridized carbons (Fsp3) is 0.458. The molecule has 8 nitrogen and oxygen atoms in total. The lowest BCUT2D eigenvalue weighted by Crippen LogP contribution is -2.41. The van der Waals surface area contributed by atoms with Crippen LogP contribution in [0, 0.1) is 19.8 Å². The molecule has 0 aliphatic rings. The number of aryl methyl sites for hydroxylation is 2. The van der Waals surface area contributed by atoms with Gasteiger partial charge in [0, 0.05) is 18.0 Å². The first-order valence-electron chi connectivity index (χ1n) is 10.7. The number of hydrogen-bond donors (Lipinski definition) is 1. The molecular formula is C24H32N2O6S. The van der Waals surface area contributed by atoms with E-state index >= 15 is 0 Å². The van der Waals surface area contributed by atoms with Crippen molar-refractivity contribution in [3.8, 4) is 11.1 Å². The van der Waals surface area contributed by atoms with E-state index in [0.717, 1.165) is 28.5 Å². The van der Waals surface area contributed by atoms with Gasteiger partial charge in [-0.25, -0.2) is 0 Å². The van der Waals surface area contributed by atoms with Gasteiger partial charge in [0.25, 0.3) is 16.0 Å². The molecule has 1 aromatic heterocycles. The number of pyridine rings is 1. The zero-order valence-electron chi connectivity index (χ0n) is 19.9. The molecule has 0 unspecified atom stereocenters. The van der Waals surface area contributed by atoms with Crippen molar-refractivity contribution in [2.75, 3.05) is 13.4 Å². The quantitative estimate of drug-likeness (QED) is 0.413. The van der Waals surface area contributed by atoms with E-state index in [-0.39, 0.29) is 18.8 Å². The SMILES string of the molecule is COC(=O)C[C@H](NC(=O)[C@@H](CC(C)C)OS(C)(=O)=O)c1cncc(-c2c(C)cccc2C)c1. The molecule has 2 rings (SSSR count). The molecule has 0 saturated carbocycles. The van der Waals surface area contributed by atoms with E-state index in [9.17, 15) is 18.0 Å².